The van der Waals surface area contributed by atoms with Gasteiger partial charge in [0.15, 0.2) is 11.5 Å². The average Bonchev–Trinajstić information content (AvgIpc) is 3.79. The highest BCUT2D eigenvalue weighted by atomic mass is 16.4. The second-order valence-electron chi connectivity index (χ2n) is 18.9. The Kier molecular flexibility index (Phi) is 6.73. The van der Waals surface area contributed by atoms with Gasteiger partial charge in [0.1, 0.15) is 33.8 Å². The van der Waals surface area contributed by atoms with Crippen molar-refractivity contribution in [1.29, 1.82) is 0 Å². The van der Waals surface area contributed by atoms with Crippen molar-refractivity contribution < 1.29 is 17.7 Å². The Morgan fingerprint density at radius 1 is 0.463 bits per heavy atom. The molecule has 0 aliphatic carbocycles. The fourth-order valence-electron chi connectivity index (χ4n) is 9.88. The smallest absolute Gasteiger partial charge is 0.347 e. The molecule has 0 spiro atoms. The normalized spacial score (nSPS) is 20.3. The monoisotopic (exact) mass is 724 g/mol. The third kappa shape index (κ3) is 4.74. The van der Waals surface area contributed by atoms with Crippen LogP contribution in [0, 0.1) is 0 Å². The number of benzene rings is 2. The van der Waals surface area contributed by atoms with E-state index in [-0.39, 0.29) is 21.7 Å². The summed E-state index contributed by atoms with van der Waals surface area (Å²) in [4.78, 5) is 32.4. The summed E-state index contributed by atoms with van der Waals surface area (Å²) in [5.41, 5.74) is 8.28. The van der Waals surface area contributed by atoms with Gasteiger partial charge >= 0.3 is 11.3 Å². The van der Waals surface area contributed by atoms with Gasteiger partial charge < -0.3 is 27.5 Å². The topological polar surface area (TPSA) is 93.2 Å². The average molecular weight is 725 g/mol. The van der Waals surface area contributed by atoms with Crippen molar-refractivity contribution in [1.82, 2.24) is 0 Å². The maximum atomic E-state index is 13.7. The van der Waals surface area contributed by atoms with Crippen molar-refractivity contribution in [2.24, 2.45) is 0 Å². The van der Waals surface area contributed by atoms with Crippen LogP contribution in [0.4, 0.5) is 11.4 Å². The minimum atomic E-state index is -0.438. The van der Waals surface area contributed by atoms with E-state index in [1.165, 1.54) is 22.5 Å². The van der Waals surface area contributed by atoms with Crippen molar-refractivity contribution >= 4 is 33.3 Å². The van der Waals surface area contributed by atoms with Crippen LogP contribution in [0.2, 0.25) is 0 Å². The van der Waals surface area contributed by atoms with E-state index in [4.69, 9.17) is 17.7 Å². The molecule has 54 heavy (non-hydrogen) atoms. The lowest BCUT2D eigenvalue weighted by Crippen LogP contribution is -2.44. The fourth-order valence-corrected chi connectivity index (χ4v) is 9.88. The number of hydrogen-bond acceptors (Lipinski definition) is 8. The molecule has 2 aromatic carbocycles. The predicted molar refractivity (Wildman–Crippen MR) is 214 cm³/mol. The van der Waals surface area contributed by atoms with Crippen LogP contribution in [-0.2, 0) is 21.7 Å². The van der Waals surface area contributed by atoms with E-state index in [2.05, 4.69) is 77.3 Å². The van der Waals surface area contributed by atoms with Gasteiger partial charge in [-0.3, -0.25) is 0 Å². The molecule has 8 nitrogen and oxygen atoms in total. The highest BCUT2D eigenvalue weighted by Gasteiger charge is 2.43. The van der Waals surface area contributed by atoms with Crippen LogP contribution >= 0.6 is 0 Å². The molecular weight excluding hydrogens is 677 g/mol. The standard InChI is InChI=1S/C46H48N2O6/c1-43(2)13-17-47-19-15-45(5,6)35-37(47)29(43)23-25-21-27(41(49)53-39(25)35)31-9-11-33(51-31)34-12-10-32(52-34)28-22-26-24-30-38-36(40(26)54-42(28)50)46(7,8)16-20-48(38)18-14-44(30,3)4/h9-12,21-24H,13-20H2,1-8H3. The molecule has 8 heterocycles. The van der Waals surface area contributed by atoms with E-state index in [0.717, 1.165) is 73.8 Å². The summed E-state index contributed by atoms with van der Waals surface area (Å²) in [7, 11) is 0. The van der Waals surface area contributed by atoms with Gasteiger partial charge in [0.05, 0.1) is 0 Å². The summed E-state index contributed by atoms with van der Waals surface area (Å²) in [5.74, 6) is 1.68. The minimum Gasteiger partial charge on any atom is -0.453 e. The molecule has 0 radical (unpaired) electrons. The number of rotatable bonds is 3. The summed E-state index contributed by atoms with van der Waals surface area (Å²) in [6, 6.07) is 15.4. The Bertz CT molecular complexity index is 2510. The molecule has 0 unspecified atom stereocenters. The van der Waals surface area contributed by atoms with Crippen molar-refractivity contribution in [3.8, 4) is 34.2 Å². The van der Waals surface area contributed by atoms with Crippen molar-refractivity contribution in [3.63, 3.8) is 0 Å². The molecule has 0 fully saturated rings. The van der Waals surface area contributed by atoms with E-state index in [1.54, 1.807) is 24.3 Å². The number of furan rings is 2. The molecule has 10 rings (SSSR count). The first kappa shape index (κ1) is 33.6. The molecule has 6 aromatic rings. The Morgan fingerprint density at radius 2 is 0.815 bits per heavy atom. The number of fused-ring (bicyclic) bond motifs is 4. The summed E-state index contributed by atoms with van der Waals surface area (Å²) >= 11 is 0. The van der Waals surface area contributed by atoms with Crippen LogP contribution in [0.25, 0.3) is 56.1 Å². The van der Waals surface area contributed by atoms with Gasteiger partial charge in [0.25, 0.3) is 0 Å². The van der Waals surface area contributed by atoms with E-state index in [9.17, 15) is 9.59 Å². The molecule has 4 aliphatic heterocycles. The van der Waals surface area contributed by atoms with Crippen LogP contribution in [0.15, 0.2) is 75.8 Å². The fraction of sp³-hybridized carbons (Fsp3) is 0.435. The lowest BCUT2D eigenvalue weighted by Gasteiger charge is -2.48. The molecule has 4 aliphatic rings. The lowest BCUT2D eigenvalue weighted by molar-refractivity contribution is 0.398. The van der Waals surface area contributed by atoms with E-state index >= 15 is 0 Å². The molecule has 4 aromatic heterocycles. The third-order valence-corrected chi connectivity index (χ3v) is 13.4. The third-order valence-electron chi connectivity index (χ3n) is 13.4. The summed E-state index contributed by atoms with van der Waals surface area (Å²) in [6.45, 7) is 22.3. The zero-order valence-corrected chi connectivity index (χ0v) is 32.6. The Morgan fingerprint density at radius 3 is 1.20 bits per heavy atom. The molecule has 0 saturated heterocycles. The molecule has 0 amide bonds. The summed E-state index contributed by atoms with van der Waals surface area (Å²) in [5, 5.41) is 1.80. The van der Waals surface area contributed by atoms with Gasteiger partial charge in [-0.15, -0.1) is 0 Å². The molecule has 0 N–H and O–H groups in total. The van der Waals surface area contributed by atoms with Gasteiger partial charge in [-0.05, 0) is 107 Å². The molecule has 0 atom stereocenters. The number of nitrogens with zero attached hydrogens (tertiary/aromatic N) is 2. The Balaban J connectivity index is 1.04. The van der Waals surface area contributed by atoms with Crippen LogP contribution in [0.5, 0.6) is 0 Å². The molecule has 8 heteroatoms. The molecule has 278 valence electrons. The zero-order chi connectivity index (χ0) is 37.7. The van der Waals surface area contributed by atoms with Gasteiger partial charge in [-0.25, -0.2) is 9.59 Å². The maximum absolute atomic E-state index is 13.7. The molecule has 0 bridgehead atoms. The molecular formula is C46H48N2O6. The molecule has 0 saturated carbocycles. The van der Waals surface area contributed by atoms with Crippen LogP contribution < -0.4 is 21.1 Å². The van der Waals surface area contributed by atoms with Crippen LogP contribution in [0.1, 0.15) is 103 Å². The highest BCUT2D eigenvalue weighted by molar-refractivity contribution is 5.93. The first-order valence-electron chi connectivity index (χ1n) is 19.5. The van der Waals surface area contributed by atoms with Gasteiger partial charge in [0, 0.05) is 59.5 Å². The lowest BCUT2D eigenvalue weighted by atomic mass is 9.69. The van der Waals surface area contributed by atoms with Gasteiger partial charge in [0.2, 0.25) is 0 Å². The Hall–Kier alpha value is -4.98. The largest absolute Gasteiger partial charge is 0.453 e. The van der Waals surface area contributed by atoms with E-state index in [1.807, 2.05) is 12.1 Å². The predicted octanol–water partition coefficient (Wildman–Crippen LogP) is 10.4. The van der Waals surface area contributed by atoms with Crippen LogP contribution in [-0.4, -0.2) is 26.2 Å². The summed E-state index contributed by atoms with van der Waals surface area (Å²) < 4.78 is 25.0. The van der Waals surface area contributed by atoms with Crippen molar-refractivity contribution in [2.45, 2.75) is 103 Å². The van der Waals surface area contributed by atoms with E-state index < -0.39 is 11.3 Å². The van der Waals surface area contributed by atoms with Gasteiger partial charge in [-0.1, -0.05) is 55.4 Å². The van der Waals surface area contributed by atoms with Crippen LogP contribution in [0.3, 0.4) is 0 Å². The highest BCUT2D eigenvalue weighted by Crippen LogP contribution is 2.53. The van der Waals surface area contributed by atoms with E-state index in [0.29, 0.717) is 45.3 Å². The van der Waals surface area contributed by atoms with Gasteiger partial charge in [-0.2, -0.15) is 0 Å². The maximum Gasteiger partial charge on any atom is 0.347 e. The number of anilines is 2. The minimum absolute atomic E-state index is 0.000150. The van der Waals surface area contributed by atoms with Crippen molar-refractivity contribution in [3.05, 3.63) is 91.6 Å². The first-order valence-corrected chi connectivity index (χ1v) is 19.5. The summed E-state index contributed by atoms with van der Waals surface area (Å²) in [6.07, 6.45) is 4.13. The zero-order valence-electron chi connectivity index (χ0n) is 32.6. The first-order chi connectivity index (χ1) is 25.5. The second-order valence-corrected chi connectivity index (χ2v) is 18.9. The quantitative estimate of drug-likeness (QED) is 0.167. The number of hydrogen-bond donors (Lipinski definition) is 0. The Labute approximate surface area is 314 Å². The SMILES string of the molecule is CC1(C)CCN2CCC(C)(C)c3c2c1cc1cc(-c2ccc(-c4ccc(-c5cc6cc7c8c(c6oc5=O)C(C)(C)CCN8CCC7(C)C)o4)o2)c(=O)oc31. The second kappa shape index (κ2) is 10.8. The van der Waals surface area contributed by atoms with Crippen molar-refractivity contribution in [2.75, 3.05) is 36.0 Å².